The minimum Gasteiger partial charge on any atom is -0.384 e. The maximum atomic E-state index is 12.2. The average Bonchev–Trinajstić information content (AvgIpc) is 2.92. The molecule has 0 aliphatic rings. The first-order valence-corrected chi connectivity index (χ1v) is 7.76. The van der Waals surface area contributed by atoms with E-state index in [0.717, 1.165) is 5.69 Å². The molecule has 0 unspecified atom stereocenters. The number of anilines is 1. The number of imidazole rings is 1. The van der Waals surface area contributed by atoms with Crippen LogP contribution >= 0.6 is 0 Å². The van der Waals surface area contributed by atoms with Gasteiger partial charge in [0.1, 0.15) is 4.90 Å². The number of pyridine rings is 1. The molecule has 0 amide bonds. The summed E-state index contributed by atoms with van der Waals surface area (Å²) >= 11 is 0. The van der Waals surface area contributed by atoms with Gasteiger partial charge in [-0.25, -0.2) is 18.1 Å². The number of nitrogens with one attached hydrogen (secondary N) is 3. The summed E-state index contributed by atoms with van der Waals surface area (Å²) < 4.78 is 27.0. The number of aromatic amines is 1. The molecule has 0 radical (unpaired) electrons. The summed E-state index contributed by atoms with van der Waals surface area (Å²) in [6, 6.07) is 1.65. The van der Waals surface area contributed by atoms with Crippen molar-refractivity contribution in [3.05, 3.63) is 36.7 Å². The zero-order valence-corrected chi connectivity index (χ0v) is 11.9. The molecule has 2 aromatic rings. The molecule has 2 aromatic heterocycles. The van der Waals surface area contributed by atoms with Gasteiger partial charge in [0.05, 0.1) is 12.0 Å². The molecule has 0 aromatic carbocycles. The lowest BCUT2D eigenvalue weighted by Gasteiger charge is -2.11. The zero-order chi connectivity index (χ0) is 14.4. The van der Waals surface area contributed by atoms with Crippen LogP contribution in [0.15, 0.2) is 35.9 Å². The van der Waals surface area contributed by atoms with Crippen molar-refractivity contribution < 1.29 is 8.42 Å². The highest BCUT2D eigenvalue weighted by molar-refractivity contribution is 7.89. The third kappa shape index (κ3) is 3.55. The summed E-state index contributed by atoms with van der Waals surface area (Å²) in [5.41, 5.74) is 1.43. The van der Waals surface area contributed by atoms with E-state index in [2.05, 4.69) is 25.0 Å². The van der Waals surface area contributed by atoms with Gasteiger partial charge in [0, 0.05) is 43.8 Å². The Morgan fingerprint density at radius 1 is 1.30 bits per heavy atom. The topological polar surface area (TPSA) is 99.8 Å². The van der Waals surface area contributed by atoms with Crippen LogP contribution in [0.1, 0.15) is 12.6 Å². The Hall–Kier alpha value is -1.93. The van der Waals surface area contributed by atoms with Crippen LogP contribution in [0.4, 0.5) is 5.69 Å². The fourth-order valence-corrected chi connectivity index (χ4v) is 2.91. The van der Waals surface area contributed by atoms with E-state index in [0.29, 0.717) is 25.2 Å². The molecule has 0 saturated carbocycles. The number of H-pyrrole nitrogens is 1. The van der Waals surface area contributed by atoms with Crippen LogP contribution in [0, 0.1) is 0 Å². The molecule has 2 rings (SSSR count). The highest BCUT2D eigenvalue weighted by Gasteiger charge is 2.18. The molecule has 7 nitrogen and oxygen atoms in total. The lowest BCUT2D eigenvalue weighted by molar-refractivity contribution is 0.581. The van der Waals surface area contributed by atoms with Gasteiger partial charge < -0.3 is 10.3 Å². The van der Waals surface area contributed by atoms with Crippen LogP contribution in [-0.2, 0) is 16.4 Å². The second-order valence-electron chi connectivity index (χ2n) is 4.13. The van der Waals surface area contributed by atoms with Crippen LogP contribution in [0.25, 0.3) is 0 Å². The Bertz CT molecular complexity index is 640. The summed E-state index contributed by atoms with van der Waals surface area (Å²) in [5.74, 6) is 0. The minimum atomic E-state index is -3.58. The number of hydrogen-bond donors (Lipinski definition) is 3. The quantitative estimate of drug-likeness (QED) is 0.700. The van der Waals surface area contributed by atoms with Crippen molar-refractivity contribution in [3.63, 3.8) is 0 Å². The Kier molecular flexibility index (Phi) is 4.70. The fraction of sp³-hybridized carbons (Fsp3) is 0.333. The summed E-state index contributed by atoms with van der Waals surface area (Å²) in [7, 11) is -3.58. The number of rotatable bonds is 7. The second kappa shape index (κ2) is 6.49. The molecule has 3 N–H and O–H groups in total. The Morgan fingerprint density at radius 3 is 2.85 bits per heavy atom. The van der Waals surface area contributed by atoms with Crippen molar-refractivity contribution in [1.29, 1.82) is 0 Å². The highest BCUT2D eigenvalue weighted by atomic mass is 32.2. The Morgan fingerprint density at radius 2 is 2.15 bits per heavy atom. The van der Waals surface area contributed by atoms with E-state index in [1.54, 1.807) is 24.8 Å². The molecule has 0 aliphatic carbocycles. The molecule has 2 heterocycles. The third-order valence-corrected chi connectivity index (χ3v) is 4.17. The monoisotopic (exact) mass is 295 g/mol. The predicted molar refractivity (Wildman–Crippen MR) is 75.9 cm³/mol. The van der Waals surface area contributed by atoms with Gasteiger partial charge >= 0.3 is 0 Å². The molecule has 0 saturated heterocycles. The molecule has 20 heavy (non-hydrogen) atoms. The molecule has 0 bridgehead atoms. The fourth-order valence-electron chi connectivity index (χ4n) is 1.75. The summed E-state index contributed by atoms with van der Waals surface area (Å²) in [6.07, 6.45) is 6.69. The molecule has 108 valence electrons. The van der Waals surface area contributed by atoms with Crippen molar-refractivity contribution in [3.8, 4) is 0 Å². The summed E-state index contributed by atoms with van der Waals surface area (Å²) in [6.45, 7) is 2.84. The molecule has 8 heteroatoms. The van der Waals surface area contributed by atoms with Gasteiger partial charge in [-0.1, -0.05) is 0 Å². The molecule has 0 fully saturated rings. The highest BCUT2D eigenvalue weighted by Crippen LogP contribution is 2.18. The molecular weight excluding hydrogens is 278 g/mol. The van der Waals surface area contributed by atoms with Gasteiger partial charge in [0.25, 0.3) is 0 Å². The SMILES string of the molecule is CCNc1ccncc1S(=O)(=O)NCCc1cnc[nH]1. The number of aromatic nitrogens is 3. The van der Waals surface area contributed by atoms with E-state index in [1.807, 2.05) is 6.92 Å². The second-order valence-corrected chi connectivity index (χ2v) is 5.86. The largest absolute Gasteiger partial charge is 0.384 e. The normalized spacial score (nSPS) is 11.4. The van der Waals surface area contributed by atoms with Crippen LogP contribution in [-0.4, -0.2) is 36.5 Å². The maximum Gasteiger partial charge on any atom is 0.244 e. The van der Waals surface area contributed by atoms with Gasteiger partial charge in [-0.15, -0.1) is 0 Å². The minimum absolute atomic E-state index is 0.159. The van der Waals surface area contributed by atoms with Crippen molar-refractivity contribution in [2.45, 2.75) is 18.2 Å². The predicted octanol–water partition coefficient (Wildman–Crippen LogP) is 0.757. The van der Waals surface area contributed by atoms with E-state index < -0.39 is 10.0 Å². The number of hydrogen-bond acceptors (Lipinski definition) is 5. The molecule has 0 atom stereocenters. The maximum absolute atomic E-state index is 12.2. The van der Waals surface area contributed by atoms with E-state index in [1.165, 1.54) is 6.20 Å². The molecular formula is C12H17N5O2S. The number of sulfonamides is 1. The lowest BCUT2D eigenvalue weighted by atomic mass is 10.3. The zero-order valence-electron chi connectivity index (χ0n) is 11.1. The van der Waals surface area contributed by atoms with Gasteiger partial charge in [-0.05, 0) is 13.0 Å². The van der Waals surface area contributed by atoms with Gasteiger partial charge in [0.2, 0.25) is 10.0 Å². The molecule has 0 aliphatic heterocycles. The van der Waals surface area contributed by atoms with Gasteiger partial charge in [0.15, 0.2) is 0 Å². The van der Waals surface area contributed by atoms with E-state index in [9.17, 15) is 8.42 Å². The lowest BCUT2D eigenvalue weighted by Crippen LogP contribution is -2.27. The van der Waals surface area contributed by atoms with Crippen molar-refractivity contribution in [1.82, 2.24) is 19.7 Å². The Balaban J connectivity index is 2.06. The average molecular weight is 295 g/mol. The van der Waals surface area contributed by atoms with Crippen LogP contribution < -0.4 is 10.0 Å². The first-order valence-electron chi connectivity index (χ1n) is 6.28. The van der Waals surface area contributed by atoms with Gasteiger partial charge in [-0.2, -0.15) is 0 Å². The van der Waals surface area contributed by atoms with Crippen molar-refractivity contribution in [2.75, 3.05) is 18.4 Å². The van der Waals surface area contributed by atoms with E-state index in [4.69, 9.17) is 0 Å². The Labute approximate surface area is 117 Å². The first kappa shape index (κ1) is 14.5. The van der Waals surface area contributed by atoms with Crippen LogP contribution in [0.2, 0.25) is 0 Å². The van der Waals surface area contributed by atoms with Crippen LogP contribution in [0.3, 0.4) is 0 Å². The smallest absolute Gasteiger partial charge is 0.244 e. The summed E-state index contributed by atoms with van der Waals surface area (Å²) in [5, 5.41) is 3.01. The third-order valence-electron chi connectivity index (χ3n) is 2.68. The van der Waals surface area contributed by atoms with Crippen molar-refractivity contribution >= 4 is 15.7 Å². The van der Waals surface area contributed by atoms with Gasteiger partial charge in [-0.3, -0.25) is 4.98 Å². The van der Waals surface area contributed by atoms with Crippen molar-refractivity contribution in [2.24, 2.45) is 0 Å². The van der Waals surface area contributed by atoms with E-state index >= 15 is 0 Å². The molecule has 0 spiro atoms. The van der Waals surface area contributed by atoms with Crippen LogP contribution in [0.5, 0.6) is 0 Å². The number of nitrogens with zero attached hydrogens (tertiary/aromatic N) is 2. The summed E-state index contributed by atoms with van der Waals surface area (Å²) in [4.78, 5) is 10.8. The first-order chi connectivity index (χ1) is 9.63. The standard InChI is InChI=1S/C12H17N5O2S/c1-2-15-11-4-5-13-8-12(11)20(18,19)17-6-3-10-7-14-9-16-10/h4-5,7-9,17H,2-3,6H2,1H3,(H,13,15)(H,14,16). The van der Waals surface area contributed by atoms with E-state index in [-0.39, 0.29) is 4.90 Å².